The number of aromatic nitrogens is 1. The molecule has 0 saturated carbocycles. The topological polar surface area (TPSA) is 31.7 Å². The van der Waals surface area contributed by atoms with Crippen LogP contribution in [0.25, 0.3) is 0 Å². The molecule has 5 rings (SSSR count). The van der Waals surface area contributed by atoms with Crippen molar-refractivity contribution < 1.29 is 0 Å². The van der Waals surface area contributed by atoms with Gasteiger partial charge >= 0.3 is 0 Å². The first kappa shape index (κ1) is 19.0. The summed E-state index contributed by atoms with van der Waals surface area (Å²) in [5.74, 6) is 1.14. The average molecular weight is 407 g/mol. The van der Waals surface area contributed by atoms with Gasteiger partial charge in [-0.25, -0.2) is 0 Å². The molecule has 0 unspecified atom stereocenters. The van der Waals surface area contributed by atoms with Crippen LogP contribution in [-0.4, -0.2) is 39.9 Å². The summed E-state index contributed by atoms with van der Waals surface area (Å²) in [5, 5.41) is 1.21. The second-order valence-corrected chi connectivity index (χ2v) is 9.51. The molecule has 4 nitrogen and oxygen atoms in total. The quantitative estimate of drug-likeness (QED) is 0.691. The third-order valence-corrected chi connectivity index (χ3v) is 7.81. The smallest absolute Gasteiger partial charge is 0.160 e. The molecule has 1 aromatic heterocycles. The van der Waals surface area contributed by atoms with Gasteiger partial charge in [-0.2, -0.15) is 0 Å². The maximum Gasteiger partial charge on any atom is 0.160 e. The third-order valence-electron chi connectivity index (χ3n) is 6.68. The van der Waals surface area contributed by atoms with Crippen LogP contribution in [0.2, 0.25) is 0 Å². The molecule has 0 aliphatic carbocycles. The van der Waals surface area contributed by atoms with Crippen molar-refractivity contribution in [2.75, 3.05) is 23.7 Å². The zero-order valence-corrected chi connectivity index (χ0v) is 18.5. The van der Waals surface area contributed by atoms with E-state index in [4.69, 9.17) is 9.98 Å². The zero-order chi connectivity index (χ0) is 20.0. The van der Waals surface area contributed by atoms with Gasteiger partial charge in [0.1, 0.15) is 6.04 Å². The highest BCUT2D eigenvalue weighted by molar-refractivity contribution is 8.14. The minimum atomic E-state index is 0.0730. The summed E-state index contributed by atoms with van der Waals surface area (Å²) in [4.78, 5) is 15.0. The van der Waals surface area contributed by atoms with Crippen molar-refractivity contribution in [3.8, 4) is 0 Å². The van der Waals surface area contributed by atoms with Crippen LogP contribution in [0.3, 0.4) is 0 Å². The number of hydrogen-bond donors (Lipinski definition) is 0. The lowest BCUT2D eigenvalue weighted by atomic mass is 9.90. The van der Waals surface area contributed by atoms with Gasteiger partial charge in [0.25, 0.3) is 0 Å². The highest BCUT2D eigenvalue weighted by Crippen LogP contribution is 2.49. The Hall–Kier alpha value is -2.01. The van der Waals surface area contributed by atoms with Crippen LogP contribution in [-0.2, 0) is 0 Å². The minimum absolute atomic E-state index is 0.0730. The van der Waals surface area contributed by atoms with Crippen LogP contribution in [0.15, 0.2) is 41.5 Å². The second-order valence-electron chi connectivity index (χ2n) is 8.53. The molecule has 152 valence electrons. The summed E-state index contributed by atoms with van der Waals surface area (Å²) in [6.07, 6.45) is 5.67. The SMILES string of the molecule is CC[C@H]1CSC2=N[C@@H](c3ccccn3)[C@@H](c3cc(C)c(N4CCCC4)cc3C)N21. The predicted molar refractivity (Wildman–Crippen MR) is 123 cm³/mol. The number of hydrogen-bond acceptors (Lipinski definition) is 5. The van der Waals surface area contributed by atoms with E-state index in [-0.39, 0.29) is 12.1 Å². The summed E-state index contributed by atoms with van der Waals surface area (Å²) in [6, 6.07) is 11.9. The molecular formula is C24H30N4S. The number of anilines is 1. The molecule has 5 heteroatoms. The van der Waals surface area contributed by atoms with Crippen molar-refractivity contribution in [2.24, 2.45) is 4.99 Å². The van der Waals surface area contributed by atoms with Gasteiger partial charge in [-0.3, -0.25) is 9.98 Å². The van der Waals surface area contributed by atoms with Gasteiger partial charge in [0.2, 0.25) is 0 Å². The average Bonchev–Trinajstić information content (AvgIpc) is 3.47. The first-order valence-corrected chi connectivity index (χ1v) is 11.9. The number of benzene rings is 1. The molecule has 3 aliphatic rings. The molecule has 3 aliphatic heterocycles. The molecule has 4 heterocycles. The highest BCUT2D eigenvalue weighted by Gasteiger charge is 2.46. The van der Waals surface area contributed by atoms with E-state index in [2.05, 4.69) is 54.8 Å². The molecule has 0 spiro atoms. The highest BCUT2D eigenvalue weighted by atomic mass is 32.2. The van der Waals surface area contributed by atoms with E-state index in [1.807, 2.05) is 24.0 Å². The fourth-order valence-corrected chi connectivity index (χ4v) is 6.46. The van der Waals surface area contributed by atoms with E-state index in [9.17, 15) is 0 Å². The summed E-state index contributed by atoms with van der Waals surface area (Å²) >= 11 is 1.92. The van der Waals surface area contributed by atoms with Crippen LogP contribution in [0.1, 0.15) is 60.7 Å². The van der Waals surface area contributed by atoms with E-state index < -0.39 is 0 Å². The van der Waals surface area contributed by atoms with Gasteiger partial charge in [-0.05, 0) is 68.0 Å². The Labute approximate surface area is 178 Å². The fraction of sp³-hybridized carbons (Fsp3) is 0.500. The normalized spacial score (nSPS) is 26.2. The lowest BCUT2D eigenvalue weighted by molar-refractivity contribution is 0.254. The molecular weight excluding hydrogens is 376 g/mol. The Balaban J connectivity index is 1.59. The van der Waals surface area contributed by atoms with Crippen molar-refractivity contribution in [3.63, 3.8) is 0 Å². The van der Waals surface area contributed by atoms with Crippen molar-refractivity contribution in [2.45, 2.75) is 58.2 Å². The van der Waals surface area contributed by atoms with E-state index >= 15 is 0 Å². The van der Waals surface area contributed by atoms with Crippen LogP contribution in [0, 0.1) is 13.8 Å². The molecule has 2 fully saturated rings. The second kappa shape index (κ2) is 7.67. The fourth-order valence-electron chi connectivity index (χ4n) is 5.13. The Morgan fingerprint density at radius 3 is 2.66 bits per heavy atom. The summed E-state index contributed by atoms with van der Waals surface area (Å²) < 4.78 is 0. The number of aliphatic imine (C=N–C) groups is 1. The lowest BCUT2D eigenvalue weighted by Gasteiger charge is -2.33. The Kier molecular flexibility index (Phi) is 5.02. The molecule has 0 N–H and O–H groups in total. The summed E-state index contributed by atoms with van der Waals surface area (Å²) in [7, 11) is 0. The number of nitrogens with zero attached hydrogens (tertiary/aromatic N) is 4. The predicted octanol–water partition coefficient (Wildman–Crippen LogP) is 5.28. The van der Waals surface area contributed by atoms with Gasteiger partial charge in [0.15, 0.2) is 5.17 Å². The van der Waals surface area contributed by atoms with E-state index in [1.54, 1.807) is 0 Å². The minimum Gasteiger partial charge on any atom is -0.371 e. The van der Waals surface area contributed by atoms with Crippen molar-refractivity contribution in [1.82, 2.24) is 9.88 Å². The van der Waals surface area contributed by atoms with E-state index in [1.165, 1.54) is 53.5 Å². The molecule has 0 amide bonds. The number of aryl methyl sites for hydroxylation is 2. The number of amidine groups is 1. The standard InChI is InChI=1S/C24H30N4S/c1-4-18-15-29-24-26-22(20-9-5-6-10-25-20)23(28(18)24)19-13-17(3)21(14-16(19)2)27-11-7-8-12-27/h5-6,9-10,13-14,18,22-23H,4,7-8,11-12,15H2,1-3H3/t18-,22-,23+/m0/s1. The number of fused-ring (bicyclic) bond motifs is 1. The van der Waals surface area contributed by atoms with Gasteiger partial charge in [0.05, 0.1) is 11.7 Å². The van der Waals surface area contributed by atoms with Crippen LogP contribution < -0.4 is 4.90 Å². The Morgan fingerprint density at radius 2 is 1.93 bits per heavy atom. The molecule has 29 heavy (non-hydrogen) atoms. The van der Waals surface area contributed by atoms with Crippen molar-refractivity contribution in [1.29, 1.82) is 0 Å². The summed E-state index contributed by atoms with van der Waals surface area (Å²) in [5.41, 5.74) is 6.68. The van der Waals surface area contributed by atoms with Crippen molar-refractivity contribution >= 4 is 22.6 Å². The Bertz CT molecular complexity index is 920. The van der Waals surface area contributed by atoms with Gasteiger partial charge in [0, 0.05) is 36.8 Å². The first-order chi connectivity index (χ1) is 14.2. The largest absolute Gasteiger partial charge is 0.371 e. The van der Waals surface area contributed by atoms with Gasteiger partial charge < -0.3 is 9.80 Å². The van der Waals surface area contributed by atoms with E-state index in [0.717, 1.165) is 17.9 Å². The first-order valence-electron chi connectivity index (χ1n) is 10.9. The Morgan fingerprint density at radius 1 is 1.10 bits per heavy atom. The van der Waals surface area contributed by atoms with Gasteiger partial charge in [-0.1, -0.05) is 30.8 Å². The molecule has 2 saturated heterocycles. The molecule has 2 aromatic rings. The summed E-state index contributed by atoms with van der Waals surface area (Å²) in [6.45, 7) is 9.24. The van der Waals surface area contributed by atoms with E-state index in [0.29, 0.717) is 6.04 Å². The zero-order valence-electron chi connectivity index (χ0n) is 17.6. The van der Waals surface area contributed by atoms with Crippen LogP contribution >= 0.6 is 11.8 Å². The molecule has 1 aromatic carbocycles. The molecule has 0 radical (unpaired) electrons. The monoisotopic (exact) mass is 406 g/mol. The van der Waals surface area contributed by atoms with Crippen LogP contribution in [0.4, 0.5) is 5.69 Å². The number of thioether (sulfide) groups is 1. The molecule has 0 bridgehead atoms. The maximum absolute atomic E-state index is 5.18. The number of rotatable bonds is 4. The molecule has 3 atom stereocenters. The third kappa shape index (κ3) is 3.24. The van der Waals surface area contributed by atoms with Gasteiger partial charge in [-0.15, -0.1) is 0 Å². The maximum atomic E-state index is 5.18. The lowest BCUT2D eigenvalue weighted by Crippen LogP contribution is -2.35. The number of pyridine rings is 1. The van der Waals surface area contributed by atoms with Crippen molar-refractivity contribution in [3.05, 3.63) is 58.9 Å². The van der Waals surface area contributed by atoms with Crippen LogP contribution in [0.5, 0.6) is 0 Å².